The predicted molar refractivity (Wildman–Crippen MR) is 201 cm³/mol. The third-order valence-electron chi connectivity index (χ3n) is 9.85. The van der Waals surface area contributed by atoms with Gasteiger partial charge in [0.2, 0.25) is 0 Å². The number of allylic oxidation sites excluding steroid dienone is 9. The van der Waals surface area contributed by atoms with Crippen LogP contribution in [0.15, 0.2) is 69.9 Å². The average molecular weight is 673 g/mol. The molecule has 0 radical (unpaired) electrons. The fraction of sp³-hybridized carbons (Fsp3) is 0.721. The zero-order valence-electron chi connectivity index (χ0n) is 31.7. The molecule has 5 aliphatic carbocycles. The lowest BCUT2D eigenvalue weighted by atomic mass is 9.95. The van der Waals surface area contributed by atoms with Crippen LogP contribution in [0.2, 0.25) is 0 Å². The monoisotopic (exact) mass is 673 g/mol. The van der Waals surface area contributed by atoms with Gasteiger partial charge in [-0.15, -0.1) is 0 Å². The van der Waals surface area contributed by atoms with Crippen molar-refractivity contribution in [3.8, 4) is 0 Å². The van der Waals surface area contributed by atoms with Gasteiger partial charge in [-0.2, -0.15) is 0 Å². The number of hydrogen-bond donors (Lipinski definition) is 0. The van der Waals surface area contributed by atoms with Crippen LogP contribution >= 0.6 is 0 Å². The number of ether oxygens (including phenoxy) is 3. The third-order valence-corrected chi connectivity index (χ3v) is 9.85. The topological polar surface area (TPSA) is 27.7 Å². The lowest BCUT2D eigenvalue weighted by molar-refractivity contribution is -0.161. The molecule has 2 heterocycles. The molecule has 7 rings (SSSR count). The number of halogens is 2. The van der Waals surface area contributed by atoms with Crippen molar-refractivity contribution in [2.45, 2.75) is 175 Å². The van der Waals surface area contributed by atoms with E-state index in [0.29, 0.717) is 6.42 Å². The smallest absolute Gasteiger partial charge is 0.251 e. The van der Waals surface area contributed by atoms with Gasteiger partial charge in [0.1, 0.15) is 0 Å². The Morgan fingerprint density at radius 3 is 1.33 bits per heavy atom. The van der Waals surface area contributed by atoms with E-state index in [1.165, 1.54) is 88.2 Å². The first-order valence-electron chi connectivity index (χ1n) is 19.2. The van der Waals surface area contributed by atoms with E-state index in [-0.39, 0.29) is 18.6 Å². The van der Waals surface area contributed by atoms with Crippen LogP contribution in [0.4, 0.5) is 8.78 Å². The van der Waals surface area contributed by atoms with Crippen molar-refractivity contribution in [3.05, 3.63) is 69.9 Å². The minimum absolute atomic E-state index is 0.0370. The Kier molecular flexibility index (Phi) is 21.5. The molecule has 274 valence electrons. The summed E-state index contributed by atoms with van der Waals surface area (Å²) in [6.45, 7) is 16.2. The van der Waals surface area contributed by atoms with E-state index in [9.17, 15) is 8.78 Å². The second-order valence-electron chi connectivity index (χ2n) is 14.7. The van der Waals surface area contributed by atoms with Crippen molar-refractivity contribution < 1.29 is 23.0 Å². The molecule has 2 aliphatic heterocycles. The number of hydrogen-bond acceptors (Lipinski definition) is 3. The Balaban J connectivity index is 0.000000202. The van der Waals surface area contributed by atoms with E-state index in [1.807, 2.05) is 6.92 Å². The summed E-state index contributed by atoms with van der Waals surface area (Å²) in [5.74, 6) is -2.64. The summed E-state index contributed by atoms with van der Waals surface area (Å²) < 4.78 is 40.9. The van der Waals surface area contributed by atoms with Crippen LogP contribution in [0.3, 0.4) is 0 Å². The molecule has 0 aromatic rings. The second-order valence-corrected chi connectivity index (χ2v) is 14.7. The summed E-state index contributed by atoms with van der Waals surface area (Å²) in [5.41, 5.74) is 8.80. The van der Waals surface area contributed by atoms with Crippen molar-refractivity contribution in [1.29, 1.82) is 0 Å². The highest BCUT2D eigenvalue weighted by Crippen LogP contribution is 2.34. The lowest BCUT2D eigenvalue weighted by Crippen LogP contribution is -2.31. The molecule has 3 nitrogen and oxygen atoms in total. The molecule has 1 fully saturated rings. The predicted octanol–water partition coefficient (Wildman–Crippen LogP) is 13.5. The second kappa shape index (κ2) is 24.3. The molecule has 5 heteroatoms. The first kappa shape index (κ1) is 42.3. The molecular weight excluding hydrogens is 602 g/mol. The summed E-state index contributed by atoms with van der Waals surface area (Å²) in [4.78, 5) is 0. The SMILES string of the molecule is CC1=CCC(F)(F)CC1.CC1=CCC2(CC1)OCCO2.CC1=CCCC1.CC1=CCCCC1.CC1=CCCCCC1.CC1=CCOCC1. The molecule has 0 aromatic carbocycles. The molecule has 1 spiro atoms. The fourth-order valence-electron chi connectivity index (χ4n) is 6.21. The first-order valence-corrected chi connectivity index (χ1v) is 19.2. The van der Waals surface area contributed by atoms with Crippen molar-refractivity contribution in [2.75, 3.05) is 26.4 Å². The Bertz CT molecular complexity index is 1060. The molecule has 48 heavy (non-hydrogen) atoms. The molecule has 0 bridgehead atoms. The van der Waals surface area contributed by atoms with Gasteiger partial charge in [-0.1, -0.05) is 76.3 Å². The third kappa shape index (κ3) is 20.6. The normalized spacial score (nSPS) is 24.0. The summed E-state index contributed by atoms with van der Waals surface area (Å²) in [7, 11) is 0. The van der Waals surface area contributed by atoms with Gasteiger partial charge in [-0.25, -0.2) is 8.78 Å². The molecule has 0 atom stereocenters. The van der Waals surface area contributed by atoms with Crippen molar-refractivity contribution in [3.63, 3.8) is 0 Å². The van der Waals surface area contributed by atoms with Crippen LogP contribution in [-0.4, -0.2) is 38.1 Å². The molecule has 0 N–H and O–H groups in total. The molecule has 1 saturated heterocycles. The maximum Gasteiger partial charge on any atom is 0.251 e. The average Bonchev–Trinajstić information content (AvgIpc) is 3.69. The van der Waals surface area contributed by atoms with Gasteiger partial charge in [-0.05, 0) is 131 Å². The molecule has 7 aliphatic rings. The van der Waals surface area contributed by atoms with Crippen LogP contribution in [0.1, 0.15) is 164 Å². The van der Waals surface area contributed by atoms with Gasteiger partial charge >= 0.3 is 0 Å². The van der Waals surface area contributed by atoms with Gasteiger partial charge < -0.3 is 14.2 Å². The maximum absolute atomic E-state index is 12.3. The van der Waals surface area contributed by atoms with Crippen LogP contribution < -0.4 is 0 Å². The van der Waals surface area contributed by atoms with Crippen LogP contribution in [0.25, 0.3) is 0 Å². The van der Waals surface area contributed by atoms with Gasteiger partial charge in [0.05, 0.1) is 26.4 Å². The molecule has 0 amide bonds. The zero-order valence-corrected chi connectivity index (χ0v) is 31.7. The van der Waals surface area contributed by atoms with Gasteiger partial charge in [0.15, 0.2) is 5.79 Å². The Labute approximate surface area is 294 Å². The van der Waals surface area contributed by atoms with Crippen LogP contribution in [0, 0.1) is 0 Å². The highest BCUT2D eigenvalue weighted by molar-refractivity contribution is 5.07. The van der Waals surface area contributed by atoms with Gasteiger partial charge in [-0.3, -0.25) is 0 Å². The lowest BCUT2D eigenvalue weighted by Gasteiger charge is -2.29. The van der Waals surface area contributed by atoms with Crippen LogP contribution in [-0.2, 0) is 14.2 Å². The van der Waals surface area contributed by atoms with Crippen molar-refractivity contribution in [1.82, 2.24) is 0 Å². The van der Waals surface area contributed by atoms with E-state index in [1.54, 1.807) is 22.8 Å². The van der Waals surface area contributed by atoms with E-state index < -0.39 is 5.92 Å². The summed E-state index contributed by atoms with van der Waals surface area (Å²) >= 11 is 0. The Morgan fingerprint density at radius 2 is 0.938 bits per heavy atom. The largest absolute Gasteiger partial charge is 0.377 e. The highest BCUT2D eigenvalue weighted by atomic mass is 19.3. The van der Waals surface area contributed by atoms with Crippen molar-refractivity contribution >= 4 is 0 Å². The highest BCUT2D eigenvalue weighted by Gasteiger charge is 2.36. The number of rotatable bonds is 0. The maximum atomic E-state index is 12.3. The molecule has 0 aromatic heterocycles. The number of alkyl halides is 2. The van der Waals surface area contributed by atoms with E-state index in [4.69, 9.17) is 14.2 Å². The summed E-state index contributed by atoms with van der Waals surface area (Å²) in [6, 6.07) is 0. The molecule has 0 saturated carbocycles. The van der Waals surface area contributed by atoms with E-state index in [0.717, 1.165) is 57.7 Å². The Hall–Kier alpha value is -1.82. The van der Waals surface area contributed by atoms with E-state index in [2.05, 4.69) is 65.0 Å². The van der Waals surface area contributed by atoms with Crippen molar-refractivity contribution in [2.24, 2.45) is 0 Å². The van der Waals surface area contributed by atoms with Gasteiger partial charge in [0, 0.05) is 25.7 Å². The molecular formula is C43H70F2O3. The Morgan fingerprint density at radius 1 is 0.458 bits per heavy atom. The standard InChI is InChI=1S/C9H14O2.C8H14.C7H10F2.C7H12.C6H10O.C6H10/c1-8-2-4-9(5-3-8)10-6-7-11-9;1-8-6-4-2-3-5-7-8;1-6-2-4-7(8,9)5-3-6;1-7-5-3-2-4-6-7;1-6-2-4-7-5-3-6;1-6-4-2-3-5-6/h2H,3-7H2,1H3;6H,2-5,7H2,1H3;2H,3-5H2,1H3;5H,2-4,6H2,1H3;2H,3-5H2,1H3;4H,2-3,5H2,1H3. The quantitative estimate of drug-likeness (QED) is 0.240. The fourth-order valence-corrected chi connectivity index (χ4v) is 6.21. The summed E-state index contributed by atoms with van der Waals surface area (Å²) in [5, 5.41) is 0. The molecule has 0 unspecified atom stereocenters. The van der Waals surface area contributed by atoms with Gasteiger partial charge in [0.25, 0.3) is 5.92 Å². The minimum atomic E-state index is -2.42. The van der Waals surface area contributed by atoms with Crippen LogP contribution in [0.5, 0.6) is 0 Å². The summed E-state index contributed by atoms with van der Waals surface area (Å²) in [6.07, 6.45) is 34.3. The minimum Gasteiger partial charge on any atom is -0.377 e. The first-order chi connectivity index (χ1) is 23.0. The zero-order chi connectivity index (χ0) is 35.1. The van der Waals surface area contributed by atoms with E-state index >= 15 is 0 Å².